The second-order valence-corrected chi connectivity index (χ2v) is 7.37. The standard InChI is InChI=1S/C12H16ClFN2O2S/c1-7-3-8(2)16(6-7)19(17,18)11-5-9(13)4-10(15)12(11)14/h4-5,7-8H,3,6,15H2,1-2H3. The molecule has 19 heavy (non-hydrogen) atoms. The molecule has 2 rings (SSSR count). The van der Waals surface area contributed by atoms with Gasteiger partial charge in [0.25, 0.3) is 0 Å². The van der Waals surface area contributed by atoms with Gasteiger partial charge in [-0.3, -0.25) is 0 Å². The summed E-state index contributed by atoms with van der Waals surface area (Å²) in [4.78, 5) is -0.446. The summed E-state index contributed by atoms with van der Waals surface area (Å²) >= 11 is 5.77. The van der Waals surface area contributed by atoms with Gasteiger partial charge in [0.2, 0.25) is 10.0 Å². The van der Waals surface area contributed by atoms with Crippen molar-refractivity contribution in [3.63, 3.8) is 0 Å². The molecule has 106 valence electrons. The summed E-state index contributed by atoms with van der Waals surface area (Å²) < 4.78 is 40.3. The van der Waals surface area contributed by atoms with E-state index in [0.717, 1.165) is 12.5 Å². The number of benzene rings is 1. The quantitative estimate of drug-likeness (QED) is 0.854. The summed E-state index contributed by atoms with van der Waals surface area (Å²) in [5.74, 6) is -0.680. The molecule has 1 aliphatic heterocycles. The molecule has 1 aromatic rings. The lowest BCUT2D eigenvalue weighted by molar-refractivity contribution is 0.402. The van der Waals surface area contributed by atoms with Crippen molar-refractivity contribution in [2.24, 2.45) is 5.92 Å². The monoisotopic (exact) mass is 306 g/mol. The molecule has 1 heterocycles. The van der Waals surface area contributed by atoms with Crippen molar-refractivity contribution in [2.75, 3.05) is 12.3 Å². The van der Waals surface area contributed by atoms with E-state index in [4.69, 9.17) is 17.3 Å². The zero-order valence-electron chi connectivity index (χ0n) is 10.7. The van der Waals surface area contributed by atoms with Crippen LogP contribution in [0.1, 0.15) is 20.3 Å². The van der Waals surface area contributed by atoms with Crippen LogP contribution in [0.15, 0.2) is 17.0 Å². The van der Waals surface area contributed by atoms with Crippen molar-refractivity contribution in [3.8, 4) is 0 Å². The fraction of sp³-hybridized carbons (Fsp3) is 0.500. The molecule has 4 nitrogen and oxygen atoms in total. The normalized spacial score (nSPS) is 24.8. The van der Waals surface area contributed by atoms with E-state index in [1.54, 1.807) is 0 Å². The Morgan fingerprint density at radius 1 is 1.42 bits per heavy atom. The molecule has 2 N–H and O–H groups in total. The number of nitrogens with two attached hydrogens (primary N) is 1. The Hall–Kier alpha value is -0.850. The van der Waals surface area contributed by atoms with Gasteiger partial charge in [-0.1, -0.05) is 18.5 Å². The molecule has 1 aromatic carbocycles. The molecule has 0 saturated carbocycles. The number of halogens is 2. The van der Waals surface area contributed by atoms with Crippen LogP contribution in [0.25, 0.3) is 0 Å². The highest BCUT2D eigenvalue weighted by Crippen LogP contribution is 2.33. The van der Waals surface area contributed by atoms with Crippen LogP contribution < -0.4 is 5.73 Å². The first-order chi connectivity index (χ1) is 8.73. The van der Waals surface area contributed by atoms with E-state index >= 15 is 0 Å². The molecule has 2 atom stereocenters. The van der Waals surface area contributed by atoms with Crippen LogP contribution in [0.2, 0.25) is 5.02 Å². The Morgan fingerprint density at radius 3 is 2.58 bits per heavy atom. The lowest BCUT2D eigenvalue weighted by atomic mass is 10.1. The maximum Gasteiger partial charge on any atom is 0.246 e. The van der Waals surface area contributed by atoms with Gasteiger partial charge in [-0.2, -0.15) is 4.31 Å². The number of hydrogen-bond acceptors (Lipinski definition) is 3. The molecule has 0 aliphatic carbocycles. The van der Waals surface area contributed by atoms with Crippen molar-refractivity contribution >= 4 is 27.3 Å². The average molecular weight is 307 g/mol. The molecule has 0 radical (unpaired) electrons. The van der Waals surface area contributed by atoms with E-state index in [1.807, 2.05) is 13.8 Å². The average Bonchev–Trinajstić information content (AvgIpc) is 2.63. The minimum Gasteiger partial charge on any atom is -0.396 e. The van der Waals surface area contributed by atoms with Gasteiger partial charge in [0, 0.05) is 17.6 Å². The summed E-state index contributed by atoms with van der Waals surface area (Å²) in [6, 6.07) is 2.16. The third kappa shape index (κ3) is 2.57. The van der Waals surface area contributed by atoms with Gasteiger partial charge in [0.05, 0.1) is 5.69 Å². The zero-order chi connectivity index (χ0) is 14.4. The number of nitrogen functional groups attached to an aromatic ring is 1. The van der Waals surface area contributed by atoms with Crippen LogP contribution in [0.4, 0.5) is 10.1 Å². The summed E-state index contributed by atoms with van der Waals surface area (Å²) in [6.07, 6.45) is 0.761. The predicted octanol–water partition coefficient (Wildman–Crippen LogP) is 2.48. The molecule has 1 saturated heterocycles. The van der Waals surface area contributed by atoms with Gasteiger partial charge >= 0.3 is 0 Å². The van der Waals surface area contributed by atoms with E-state index in [1.165, 1.54) is 10.4 Å². The molecule has 0 amide bonds. The first-order valence-corrected chi connectivity index (χ1v) is 7.81. The van der Waals surface area contributed by atoms with Gasteiger partial charge in [0.1, 0.15) is 4.90 Å². The number of nitrogens with zero attached hydrogens (tertiary/aromatic N) is 1. The Kier molecular flexibility index (Phi) is 3.77. The molecule has 1 fully saturated rings. The zero-order valence-corrected chi connectivity index (χ0v) is 12.3. The minimum absolute atomic E-state index is 0.109. The van der Waals surface area contributed by atoms with E-state index in [-0.39, 0.29) is 22.7 Å². The van der Waals surface area contributed by atoms with Gasteiger partial charge in [-0.15, -0.1) is 0 Å². The van der Waals surface area contributed by atoms with Crippen LogP contribution in [0.5, 0.6) is 0 Å². The molecule has 0 spiro atoms. The SMILES string of the molecule is CC1CC(C)N(S(=O)(=O)c2cc(Cl)cc(N)c2F)C1. The largest absolute Gasteiger partial charge is 0.396 e. The molecule has 0 aromatic heterocycles. The van der Waals surface area contributed by atoms with E-state index in [0.29, 0.717) is 6.54 Å². The fourth-order valence-electron chi connectivity index (χ4n) is 2.50. The number of rotatable bonds is 2. The second-order valence-electron chi connectivity index (χ2n) is 5.07. The van der Waals surface area contributed by atoms with Gasteiger partial charge < -0.3 is 5.73 Å². The third-order valence-electron chi connectivity index (χ3n) is 3.35. The maximum atomic E-state index is 14.0. The number of hydrogen-bond donors (Lipinski definition) is 1. The highest BCUT2D eigenvalue weighted by Gasteiger charge is 2.37. The summed E-state index contributed by atoms with van der Waals surface area (Å²) in [5, 5.41) is 0.109. The van der Waals surface area contributed by atoms with Crippen LogP contribution in [0, 0.1) is 11.7 Å². The first kappa shape index (κ1) is 14.6. The lowest BCUT2D eigenvalue weighted by Crippen LogP contribution is -2.34. The fourth-order valence-corrected chi connectivity index (χ4v) is 4.67. The van der Waals surface area contributed by atoms with E-state index in [9.17, 15) is 12.8 Å². The molecule has 0 bridgehead atoms. The maximum absolute atomic E-state index is 14.0. The first-order valence-electron chi connectivity index (χ1n) is 6.00. The van der Waals surface area contributed by atoms with Crippen LogP contribution >= 0.6 is 11.6 Å². The van der Waals surface area contributed by atoms with Crippen molar-refractivity contribution in [1.82, 2.24) is 4.31 Å². The van der Waals surface area contributed by atoms with Crippen molar-refractivity contribution in [1.29, 1.82) is 0 Å². The highest BCUT2D eigenvalue weighted by molar-refractivity contribution is 7.89. The predicted molar refractivity (Wildman–Crippen MR) is 73.0 cm³/mol. The molecular formula is C12H16ClFN2O2S. The van der Waals surface area contributed by atoms with Gasteiger partial charge in [-0.25, -0.2) is 12.8 Å². The minimum atomic E-state index is -3.90. The second kappa shape index (κ2) is 4.92. The molecule has 1 aliphatic rings. The third-order valence-corrected chi connectivity index (χ3v) is 5.54. The smallest absolute Gasteiger partial charge is 0.246 e. The molecule has 7 heteroatoms. The summed E-state index contributed by atoms with van der Waals surface area (Å²) in [7, 11) is -3.90. The molecule has 2 unspecified atom stereocenters. The lowest BCUT2D eigenvalue weighted by Gasteiger charge is -2.21. The topological polar surface area (TPSA) is 63.4 Å². The van der Waals surface area contributed by atoms with E-state index < -0.39 is 20.7 Å². The van der Waals surface area contributed by atoms with Crippen molar-refractivity contribution in [3.05, 3.63) is 23.0 Å². The van der Waals surface area contributed by atoms with Crippen molar-refractivity contribution < 1.29 is 12.8 Å². The highest BCUT2D eigenvalue weighted by atomic mass is 35.5. The number of sulfonamides is 1. The Morgan fingerprint density at radius 2 is 2.05 bits per heavy atom. The van der Waals surface area contributed by atoms with Crippen LogP contribution in [-0.2, 0) is 10.0 Å². The van der Waals surface area contributed by atoms with E-state index in [2.05, 4.69) is 0 Å². The van der Waals surface area contributed by atoms with Gasteiger partial charge in [0.15, 0.2) is 5.82 Å². The summed E-state index contributed by atoms with van der Waals surface area (Å²) in [5.41, 5.74) is 5.18. The summed E-state index contributed by atoms with van der Waals surface area (Å²) in [6.45, 7) is 4.16. The van der Waals surface area contributed by atoms with Crippen LogP contribution in [0.3, 0.4) is 0 Å². The number of anilines is 1. The Balaban J connectivity index is 2.52. The van der Waals surface area contributed by atoms with Gasteiger partial charge in [-0.05, 0) is 31.4 Å². The van der Waals surface area contributed by atoms with Crippen molar-refractivity contribution in [2.45, 2.75) is 31.2 Å². The Labute approximate surface area is 117 Å². The molecular weight excluding hydrogens is 291 g/mol. The Bertz CT molecular complexity index is 606. The van der Waals surface area contributed by atoms with Crippen LogP contribution in [-0.4, -0.2) is 25.3 Å².